The molecule has 2 fully saturated rings. The molecule has 0 spiro atoms. The largest absolute Gasteiger partial charge is 0.489 e. The number of amides is 1. The van der Waals surface area contributed by atoms with E-state index in [4.69, 9.17) is 15.2 Å². The van der Waals surface area contributed by atoms with Gasteiger partial charge >= 0.3 is 0 Å². The van der Waals surface area contributed by atoms with E-state index < -0.39 is 5.91 Å². The van der Waals surface area contributed by atoms with E-state index in [2.05, 4.69) is 5.32 Å². The summed E-state index contributed by atoms with van der Waals surface area (Å²) in [6, 6.07) is 7.85. The molecule has 5 nitrogen and oxygen atoms in total. The van der Waals surface area contributed by atoms with Gasteiger partial charge in [-0.2, -0.15) is 0 Å². The number of hydrogen-bond acceptors (Lipinski definition) is 4. The molecule has 1 aliphatic carbocycles. The van der Waals surface area contributed by atoms with Crippen LogP contribution in [0.4, 0.5) is 0 Å². The number of carbonyl (C=O) groups is 1. The maximum Gasteiger partial charge on any atom is 0.248 e. The Morgan fingerprint density at radius 3 is 2.46 bits per heavy atom. The number of nitrogens with one attached hydrogen (secondary N) is 1. The summed E-state index contributed by atoms with van der Waals surface area (Å²) in [5, 5.41) is 3.77. The molecule has 1 aromatic carbocycles. The molecule has 0 bridgehead atoms. The van der Waals surface area contributed by atoms with E-state index in [1.54, 1.807) is 12.1 Å². The Hall–Kier alpha value is -1.59. The summed E-state index contributed by atoms with van der Waals surface area (Å²) in [4.78, 5) is 11.2. The van der Waals surface area contributed by atoms with Crippen molar-refractivity contribution >= 4 is 5.91 Å². The van der Waals surface area contributed by atoms with Crippen molar-refractivity contribution in [1.29, 1.82) is 0 Å². The number of rotatable bonds is 5. The molecule has 1 aliphatic heterocycles. The van der Waals surface area contributed by atoms with Crippen LogP contribution < -0.4 is 15.8 Å². The highest BCUT2D eigenvalue weighted by Crippen LogP contribution is 2.22. The standard InChI is InChI=1S/C19H28N2O3/c20-19(22)14-7-9-16(10-8-14)24-18-11-12-23-13-17(18)21-15-5-3-1-2-4-6-15/h7-10,15,17-18,21H,1-6,11-13H2,(H2,20,22)/t17-,18-/m1/s1. The fourth-order valence-corrected chi connectivity index (χ4v) is 3.64. The molecule has 0 radical (unpaired) electrons. The predicted molar refractivity (Wildman–Crippen MR) is 93.2 cm³/mol. The summed E-state index contributed by atoms with van der Waals surface area (Å²) in [6.45, 7) is 1.42. The molecule has 1 saturated heterocycles. The number of carbonyl (C=O) groups excluding carboxylic acids is 1. The van der Waals surface area contributed by atoms with Gasteiger partial charge in [0, 0.05) is 18.0 Å². The summed E-state index contributed by atoms with van der Waals surface area (Å²) >= 11 is 0. The van der Waals surface area contributed by atoms with Gasteiger partial charge in [0.25, 0.3) is 0 Å². The van der Waals surface area contributed by atoms with Crippen LogP contribution in [0.5, 0.6) is 5.75 Å². The average Bonchev–Trinajstić information content (AvgIpc) is 2.86. The second-order valence-corrected chi connectivity index (χ2v) is 6.87. The monoisotopic (exact) mass is 332 g/mol. The van der Waals surface area contributed by atoms with Crippen molar-refractivity contribution in [2.75, 3.05) is 13.2 Å². The fraction of sp³-hybridized carbons (Fsp3) is 0.632. The van der Waals surface area contributed by atoms with Crippen LogP contribution in [0.1, 0.15) is 55.3 Å². The second kappa shape index (κ2) is 8.49. The van der Waals surface area contributed by atoms with Crippen LogP contribution in [0.2, 0.25) is 0 Å². The van der Waals surface area contributed by atoms with Gasteiger partial charge in [-0.1, -0.05) is 25.7 Å². The highest BCUT2D eigenvalue weighted by Gasteiger charge is 2.29. The molecule has 3 rings (SSSR count). The Morgan fingerprint density at radius 1 is 1.08 bits per heavy atom. The van der Waals surface area contributed by atoms with Crippen LogP contribution in [-0.4, -0.2) is 37.3 Å². The first-order valence-electron chi connectivity index (χ1n) is 9.13. The van der Waals surface area contributed by atoms with Crippen LogP contribution in [0, 0.1) is 0 Å². The number of hydrogen-bond donors (Lipinski definition) is 2. The van der Waals surface area contributed by atoms with Gasteiger partial charge in [-0.25, -0.2) is 0 Å². The van der Waals surface area contributed by atoms with Crippen molar-refractivity contribution in [1.82, 2.24) is 5.32 Å². The third kappa shape index (κ3) is 4.71. The van der Waals surface area contributed by atoms with E-state index in [9.17, 15) is 4.79 Å². The molecule has 0 aromatic heterocycles. The van der Waals surface area contributed by atoms with Gasteiger partial charge in [-0.15, -0.1) is 0 Å². The van der Waals surface area contributed by atoms with Crippen molar-refractivity contribution in [3.05, 3.63) is 29.8 Å². The number of nitrogens with two attached hydrogens (primary N) is 1. The Kier molecular flexibility index (Phi) is 6.10. The van der Waals surface area contributed by atoms with Gasteiger partial charge < -0.3 is 20.5 Å². The van der Waals surface area contributed by atoms with Crippen molar-refractivity contribution < 1.29 is 14.3 Å². The third-order valence-electron chi connectivity index (χ3n) is 5.02. The smallest absolute Gasteiger partial charge is 0.248 e. The van der Waals surface area contributed by atoms with Crippen LogP contribution >= 0.6 is 0 Å². The zero-order chi connectivity index (χ0) is 16.8. The molecule has 2 atom stereocenters. The lowest BCUT2D eigenvalue weighted by atomic mass is 10.0. The molecule has 3 N–H and O–H groups in total. The molecular formula is C19H28N2O3. The van der Waals surface area contributed by atoms with Gasteiger partial charge in [0.05, 0.1) is 19.3 Å². The van der Waals surface area contributed by atoms with E-state index in [0.29, 0.717) is 18.2 Å². The molecular weight excluding hydrogens is 304 g/mol. The lowest BCUT2D eigenvalue weighted by Gasteiger charge is -2.35. The lowest BCUT2D eigenvalue weighted by Crippen LogP contribution is -2.53. The maximum absolute atomic E-state index is 11.2. The topological polar surface area (TPSA) is 73.6 Å². The number of ether oxygens (including phenoxy) is 2. The fourth-order valence-electron chi connectivity index (χ4n) is 3.64. The second-order valence-electron chi connectivity index (χ2n) is 6.87. The molecule has 132 valence electrons. The first kappa shape index (κ1) is 17.2. The van der Waals surface area contributed by atoms with Gasteiger partial charge in [0.2, 0.25) is 5.91 Å². The van der Waals surface area contributed by atoms with Gasteiger partial charge in [0.1, 0.15) is 11.9 Å². The summed E-state index contributed by atoms with van der Waals surface area (Å²) in [5.41, 5.74) is 5.78. The lowest BCUT2D eigenvalue weighted by molar-refractivity contribution is -0.00812. The van der Waals surface area contributed by atoms with E-state index >= 15 is 0 Å². The first-order valence-corrected chi connectivity index (χ1v) is 9.13. The highest BCUT2D eigenvalue weighted by molar-refractivity contribution is 5.92. The quantitative estimate of drug-likeness (QED) is 0.813. The molecule has 5 heteroatoms. The van der Waals surface area contributed by atoms with E-state index in [-0.39, 0.29) is 12.1 Å². The van der Waals surface area contributed by atoms with Gasteiger partial charge in [-0.05, 0) is 37.1 Å². The molecule has 1 amide bonds. The summed E-state index contributed by atoms with van der Waals surface area (Å²) < 4.78 is 11.9. The predicted octanol–water partition coefficient (Wildman–Crippen LogP) is 2.63. The zero-order valence-corrected chi connectivity index (χ0v) is 14.2. The molecule has 24 heavy (non-hydrogen) atoms. The van der Waals surface area contributed by atoms with Crippen LogP contribution in [0.15, 0.2) is 24.3 Å². The van der Waals surface area contributed by atoms with Gasteiger partial charge in [0.15, 0.2) is 0 Å². The molecule has 0 unspecified atom stereocenters. The van der Waals surface area contributed by atoms with Crippen molar-refractivity contribution in [3.8, 4) is 5.75 Å². The SMILES string of the molecule is NC(=O)c1ccc(O[C@@H]2CCOC[C@H]2NC2CCCCCC2)cc1. The molecule has 2 aliphatic rings. The van der Waals surface area contributed by atoms with Crippen molar-refractivity contribution in [2.45, 2.75) is 63.1 Å². The van der Waals surface area contributed by atoms with Crippen molar-refractivity contribution in [2.24, 2.45) is 5.73 Å². The normalized spacial score (nSPS) is 25.8. The Balaban J connectivity index is 1.60. The minimum atomic E-state index is -0.416. The maximum atomic E-state index is 11.2. The zero-order valence-electron chi connectivity index (χ0n) is 14.2. The number of benzene rings is 1. The van der Waals surface area contributed by atoms with Crippen molar-refractivity contribution in [3.63, 3.8) is 0 Å². The van der Waals surface area contributed by atoms with Crippen LogP contribution in [-0.2, 0) is 4.74 Å². The van der Waals surface area contributed by atoms with Gasteiger partial charge in [-0.3, -0.25) is 4.79 Å². The average molecular weight is 332 g/mol. The summed E-state index contributed by atoms with van der Waals surface area (Å²) in [7, 11) is 0. The summed E-state index contributed by atoms with van der Waals surface area (Å²) in [6.07, 6.45) is 8.80. The minimum absolute atomic E-state index is 0.0985. The highest BCUT2D eigenvalue weighted by atomic mass is 16.5. The third-order valence-corrected chi connectivity index (χ3v) is 5.02. The first-order chi connectivity index (χ1) is 11.7. The number of primary amides is 1. The summed E-state index contributed by atoms with van der Waals surface area (Å²) in [5.74, 6) is 0.361. The van der Waals surface area contributed by atoms with E-state index in [0.717, 1.165) is 18.8 Å². The minimum Gasteiger partial charge on any atom is -0.489 e. The van der Waals surface area contributed by atoms with E-state index in [1.807, 2.05) is 12.1 Å². The molecule has 1 saturated carbocycles. The Morgan fingerprint density at radius 2 is 1.79 bits per heavy atom. The van der Waals surface area contributed by atoms with E-state index in [1.165, 1.54) is 38.5 Å². The Bertz CT molecular complexity index is 524. The molecule has 1 aromatic rings. The molecule has 1 heterocycles. The van der Waals surface area contributed by atoms with Crippen LogP contribution in [0.3, 0.4) is 0 Å². The van der Waals surface area contributed by atoms with Crippen LogP contribution in [0.25, 0.3) is 0 Å². The Labute approximate surface area is 143 Å².